The fraction of sp³-hybridized carbons (Fsp3) is 0.680. The predicted molar refractivity (Wildman–Crippen MR) is 124 cm³/mol. The normalized spacial score (nSPS) is 16.0. The third-order valence-electron chi connectivity index (χ3n) is 6.47. The summed E-state index contributed by atoms with van der Waals surface area (Å²) >= 11 is 1.28. The van der Waals surface area contributed by atoms with Gasteiger partial charge in [0.05, 0.1) is 5.69 Å². The Morgan fingerprint density at radius 2 is 1.72 bits per heavy atom. The van der Waals surface area contributed by atoms with Crippen LogP contribution >= 0.6 is 11.8 Å². The molecule has 0 bridgehead atoms. The Morgan fingerprint density at radius 3 is 2.38 bits per heavy atom. The molecule has 1 aliphatic rings. The van der Waals surface area contributed by atoms with Gasteiger partial charge in [0.15, 0.2) is 5.12 Å². The number of thioether (sulfide) groups is 1. The molecule has 29 heavy (non-hydrogen) atoms. The van der Waals surface area contributed by atoms with Gasteiger partial charge in [-0.1, -0.05) is 77.8 Å². The molecule has 0 atom stereocenters. The van der Waals surface area contributed by atoms with E-state index in [0.29, 0.717) is 12.3 Å². The van der Waals surface area contributed by atoms with Crippen LogP contribution in [0.4, 0.5) is 5.69 Å². The number of benzene rings is 1. The average Bonchev–Trinajstić information content (AvgIpc) is 2.74. The Morgan fingerprint density at radius 1 is 1.03 bits per heavy atom. The lowest BCUT2D eigenvalue weighted by molar-refractivity contribution is -0.128. The molecule has 1 amide bonds. The Hall–Kier alpha value is -1.29. The van der Waals surface area contributed by atoms with E-state index >= 15 is 0 Å². The van der Waals surface area contributed by atoms with Crippen LogP contribution in [0.3, 0.4) is 0 Å². The fourth-order valence-corrected chi connectivity index (χ4v) is 5.36. The van der Waals surface area contributed by atoms with E-state index in [-0.39, 0.29) is 16.4 Å². The van der Waals surface area contributed by atoms with Crippen LogP contribution in [0.2, 0.25) is 0 Å². The van der Waals surface area contributed by atoms with Crippen LogP contribution in [0.15, 0.2) is 29.2 Å². The maximum Gasteiger partial charge on any atom is 0.230 e. The van der Waals surface area contributed by atoms with Gasteiger partial charge in [0, 0.05) is 16.7 Å². The molecule has 0 saturated heterocycles. The molecular formula is C25H39NO2S. The summed E-state index contributed by atoms with van der Waals surface area (Å²) in [6.07, 6.45) is 12.5. The zero-order valence-electron chi connectivity index (χ0n) is 18.6. The molecule has 0 aliphatic heterocycles. The van der Waals surface area contributed by atoms with Crippen molar-refractivity contribution in [1.29, 1.82) is 0 Å². The molecule has 2 rings (SSSR count). The van der Waals surface area contributed by atoms with E-state index in [1.807, 2.05) is 24.3 Å². The van der Waals surface area contributed by atoms with Crippen LogP contribution in [0.5, 0.6) is 0 Å². The van der Waals surface area contributed by atoms with Crippen LogP contribution in [-0.4, -0.2) is 11.0 Å². The number of unbranched alkanes of at least 4 members (excludes halogenated alkanes) is 2. The first kappa shape index (κ1) is 24.0. The molecule has 1 saturated carbocycles. The number of rotatable bonds is 11. The van der Waals surface area contributed by atoms with Crippen LogP contribution in [0, 0.1) is 11.3 Å². The van der Waals surface area contributed by atoms with E-state index in [4.69, 9.17) is 0 Å². The van der Waals surface area contributed by atoms with Crippen molar-refractivity contribution >= 4 is 28.5 Å². The molecule has 1 N–H and O–H groups in total. The number of carbonyl (C=O) groups is 2. The van der Waals surface area contributed by atoms with Crippen LogP contribution < -0.4 is 5.32 Å². The Kier molecular flexibility index (Phi) is 10.3. The lowest BCUT2D eigenvalue weighted by Crippen LogP contribution is -2.39. The van der Waals surface area contributed by atoms with Gasteiger partial charge in [-0.15, -0.1) is 0 Å². The van der Waals surface area contributed by atoms with E-state index in [1.165, 1.54) is 18.2 Å². The molecule has 162 valence electrons. The second kappa shape index (κ2) is 12.4. The zero-order chi connectivity index (χ0) is 21.1. The molecule has 0 spiro atoms. The Bertz CT molecular complexity index is 648. The fourth-order valence-electron chi connectivity index (χ4n) is 4.49. The third kappa shape index (κ3) is 7.16. The summed E-state index contributed by atoms with van der Waals surface area (Å²) in [5, 5.41) is 3.42. The third-order valence-corrected chi connectivity index (χ3v) is 7.48. The smallest absolute Gasteiger partial charge is 0.230 e. The number of hydrogen-bond acceptors (Lipinski definition) is 3. The van der Waals surface area contributed by atoms with Gasteiger partial charge in [0.2, 0.25) is 5.91 Å². The number of anilines is 1. The highest BCUT2D eigenvalue weighted by atomic mass is 32.2. The summed E-state index contributed by atoms with van der Waals surface area (Å²) in [6.45, 7) is 6.61. The molecule has 0 unspecified atom stereocenters. The van der Waals surface area contributed by atoms with Crippen molar-refractivity contribution in [2.75, 3.05) is 5.32 Å². The highest BCUT2D eigenvalue weighted by Gasteiger charge is 2.40. The summed E-state index contributed by atoms with van der Waals surface area (Å²) in [5.74, 6) is 0.763. The van der Waals surface area contributed by atoms with Crippen LogP contribution in [0.1, 0.15) is 97.8 Å². The van der Waals surface area contributed by atoms with Gasteiger partial charge < -0.3 is 5.32 Å². The van der Waals surface area contributed by atoms with Crippen molar-refractivity contribution in [2.45, 2.75) is 103 Å². The summed E-state index contributed by atoms with van der Waals surface area (Å²) in [7, 11) is 0. The lowest BCUT2D eigenvalue weighted by atomic mass is 9.67. The van der Waals surface area contributed by atoms with E-state index in [0.717, 1.165) is 74.8 Å². The van der Waals surface area contributed by atoms with Crippen molar-refractivity contribution < 1.29 is 9.59 Å². The minimum Gasteiger partial charge on any atom is -0.325 e. The van der Waals surface area contributed by atoms with Crippen molar-refractivity contribution in [2.24, 2.45) is 11.3 Å². The second-order valence-corrected chi connectivity index (χ2v) is 9.71. The summed E-state index contributed by atoms with van der Waals surface area (Å²) in [4.78, 5) is 26.7. The van der Waals surface area contributed by atoms with Gasteiger partial charge in [0.1, 0.15) is 0 Å². The molecule has 0 heterocycles. The lowest BCUT2D eigenvalue weighted by Gasteiger charge is -2.38. The highest BCUT2D eigenvalue weighted by Crippen LogP contribution is 2.44. The standard InChI is InChI=1S/C25H39NO2S/c1-4-7-9-16-23(27)29-22-15-11-10-14-21(22)26-24(28)25(17-12-8-13-18-25)19-20(5-2)6-3/h10-11,14-15,20H,4-9,12-13,16-19H2,1-3H3,(H,26,28). The summed E-state index contributed by atoms with van der Waals surface area (Å²) < 4.78 is 0. The topological polar surface area (TPSA) is 46.2 Å². The SMILES string of the molecule is CCCCCC(=O)Sc1ccccc1NC(=O)C1(CC(CC)CC)CCCCC1. The van der Waals surface area contributed by atoms with Gasteiger partial charge in [0.25, 0.3) is 0 Å². The predicted octanol–water partition coefficient (Wildman–Crippen LogP) is 7.60. The quantitative estimate of drug-likeness (QED) is 0.298. The average molecular weight is 418 g/mol. The number of carbonyl (C=O) groups excluding carboxylic acids is 2. The molecule has 1 aromatic rings. The first-order valence-corrected chi connectivity index (χ1v) is 12.5. The molecule has 0 aromatic heterocycles. The first-order chi connectivity index (χ1) is 14.0. The minimum atomic E-state index is -0.252. The maximum atomic E-state index is 13.5. The maximum absolute atomic E-state index is 13.5. The molecule has 3 nitrogen and oxygen atoms in total. The first-order valence-electron chi connectivity index (χ1n) is 11.7. The van der Waals surface area contributed by atoms with Gasteiger partial charge in [-0.25, -0.2) is 0 Å². The monoisotopic (exact) mass is 417 g/mol. The summed E-state index contributed by atoms with van der Waals surface area (Å²) in [6, 6.07) is 7.77. The number of amides is 1. The molecule has 1 fully saturated rings. The van der Waals surface area contributed by atoms with Crippen LogP contribution in [-0.2, 0) is 9.59 Å². The highest BCUT2D eigenvalue weighted by molar-refractivity contribution is 8.13. The Balaban J connectivity index is 2.12. The van der Waals surface area contributed by atoms with E-state index in [1.54, 1.807) is 0 Å². The van der Waals surface area contributed by atoms with E-state index < -0.39 is 0 Å². The minimum absolute atomic E-state index is 0.163. The van der Waals surface area contributed by atoms with E-state index in [2.05, 4.69) is 26.1 Å². The van der Waals surface area contributed by atoms with Gasteiger partial charge in [-0.05, 0) is 55.5 Å². The molecule has 1 aromatic carbocycles. The largest absolute Gasteiger partial charge is 0.325 e. The molecule has 4 heteroatoms. The summed E-state index contributed by atoms with van der Waals surface area (Å²) in [5.41, 5.74) is 0.540. The van der Waals surface area contributed by atoms with Crippen molar-refractivity contribution in [3.8, 4) is 0 Å². The van der Waals surface area contributed by atoms with Crippen molar-refractivity contribution in [1.82, 2.24) is 0 Å². The van der Waals surface area contributed by atoms with Crippen molar-refractivity contribution in [3.05, 3.63) is 24.3 Å². The second-order valence-electron chi connectivity index (χ2n) is 8.61. The molecule has 1 aliphatic carbocycles. The van der Waals surface area contributed by atoms with E-state index in [9.17, 15) is 9.59 Å². The van der Waals surface area contributed by atoms with Crippen molar-refractivity contribution in [3.63, 3.8) is 0 Å². The van der Waals surface area contributed by atoms with Gasteiger partial charge in [-0.3, -0.25) is 9.59 Å². The van der Waals surface area contributed by atoms with Gasteiger partial charge >= 0.3 is 0 Å². The number of hydrogen-bond donors (Lipinski definition) is 1. The molecule has 0 radical (unpaired) electrons. The number of nitrogens with one attached hydrogen (secondary N) is 1. The molecular weight excluding hydrogens is 378 g/mol. The number of para-hydroxylation sites is 1. The van der Waals surface area contributed by atoms with Crippen LogP contribution in [0.25, 0.3) is 0 Å². The van der Waals surface area contributed by atoms with Gasteiger partial charge in [-0.2, -0.15) is 0 Å². The zero-order valence-corrected chi connectivity index (χ0v) is 19.4. The Labute approximate surface area is 181 Å².